The van der Waals surface area contributed by atoms with Crippen molar-refractivity contribution in [3.8, 4) is 0 Å². The molecule has 86 valence electrons. The van der Waals surface area contributed by atoms with Crippen LogP contribution in [0, 0.1) is 0 Å². The van der Waals surface area contributed by atoms with Crippen molar-refractivity contribution in [3.63, 3.8) is 0 Å². The average molecular weight is 211 g/mol. The van der Waals surface area contributed by atoms with E-state index in [1.54, 1.807) is 0 Å². The molecular formula is C9H19F2NO2. The lowest BCUT2D eigenvalue weighted by molar-refractivity contribution is 0.00570. The van der Waals surface area contributed by atoms with Gasteiger partial charge in [0.15, 0.2) is 0 Å². The van der Waals surface area contributed by atoms with Gasteiger partial charge in [0.2, 0.25) is 5.92 Å². The van der Waals surface area contributed by atoms with Gasteiger partial charge in [0.05, 0.1) is 6.61 Å². The molecule has 5 heteroatoms. The van der Waals surface area contributed by atoms with Crippen molar-refractivity contribution in [2.75, 3.05) is 19.8 Å². The molecule has 14 heavy (non-hydrogen) atoms. The first kappa shape index (κ1) is 13.7. The van der Waals surface area contributed by atoms with E-state index in [1.165, 1.54) is 0 Å². The standard InChI is InChI=1S/C9H19F2NO2/c1-9(10,11)4-3-8(12)7-14-6-2-5-13/h8,13H,2-7,12H2,1H3. The Morgan fingerprint density at radius 3 is 2.64 bits per heavy atom. The summed E-state index contributed by atoms with van der Waals surface area (Å²) in [5.41, 5.74) is 5.54. The average Bonchev–Trinajstić information content (AvgIpc) is 2.08. The predicted molar refractivity (Wildman–Crippen MR) is 50.4 cm³/mol. The number of hydrogen-bond donors (Lipinski definition) is 2. The maximum absolute atomic E-state index is 12.4. The summed E-state index contributed by atoms with van der Waals surface area (Å²) in [6.07, 6.45) is 0.594. The van der Waals surface area contributed by atoms with E-state index >= 15 is 0 Å². The van der Waals surface area contributed by atoms with Gasteiger partial charge in [-0.2, -0.15) is 0 Å². The minimum atomic E-state index is -2.65. The highest BCUT2D eigenvalue weighted by Gasteiger charge is 2.21. The lowest BCUT2D eigenvalue weighted by Gasteiger charge is -2.15. The summed E-state index contributed by atoms with van der Waals surface area (Å²) in [4.78, 5) is 0. The van der Waals surface area contributed by atoms with E-state index < -0.39 is 5.92 Å². The molecule has 0 fully saturated rings. The van der Waals surface area contributed by atoms with E-state index in [0.29, 0.717) is 13.0 Å². The third-order valence-electron chi connectivity index (χ3n) is 1.73. The van der Waals surface area contributed by atoms with Gasteiger partial charge < -0.3 is 15.6 Å². The van der Waals surface area contributed by atoms with Crippen molar-refractivity contribution in [3.05, 3.63) is 0 Å². The molecule has 1 atom stereocenters. The van der Waals surface area contributed by atoms with Crippen molar-refractivity contribution in [2.45, 2.75) is 38.2 Å². The fraction of sp³-hybridized carbons (Fsp3) is 1.00. The first-order valence-electron chi connectivity index (χ1n) is 4.77. The van der Waals surface area contributed by atoms with Crippen molar-refractivity contribution < 1.29 is 18.6 Å². The van der Waals surface area contributed by atoms with Crippen LogP contribution in [0.2, 0.25) is 0 Å². The van der Waals surface area contributed by atoms with Gasteiger partial charge in [0.1, 0.15) is 0 Å². The molecule has 0 aromatic carbocycles. The van der Waals surface area contributed by atoms with E-state index in [1.807, 2.05) is 0 Å². The van der Waals surface area contributed by atoms with Crippen molar-refractivity contribution in [2.24, 2.45) is 5.73 Å². The van der Waals surface area contributed by atoms with Gasteiger partial charge in [-0.05, 0) is 19.8 Å². The van der Waals surface area contributed by atoms with Crippen LogP contribution < -0.4 is 5.73 Å². The SMILES string of the molecule is CC(F)(F)CCC(N)COCCCO. The Morgan fingerprint density at radius 2 is 2.14 bits per heavy atom. The number of aliphatic hydroxyl groups excluding tert-OH is 1. The van der Waals surface area contributed by atoms with Crippen LogP contribution in [0.25, 0.3) is 0 Å². The van der Waals surface area contributed by atoms with Crippen LogP contribution in [0.1, 0.15) is 26.2 Å². The molecule has 3 nitrogen and oxygen atoms in total. The van der Waals surface area contributed by atoms with Gasteiger partial charge in [-0.1, -0.05) is 0 Å². The molecule has 0 aliphatic heterocycles. The predicted octanol–water partition coefficient (Wildman–Crippen LogP) is 1.15. The highest BCUT2D eigenvalue weighted by molar-refractivity contribution is 4.66. The normalized spacial score (nSPS) is 14.4. The maximum atomic E-state index is 12.4. The fourth-order valence-electron chi connectivity index (χ4n) is 0.923. The van der Waals surface area contributed by atoms with Gasteiger partial charge in [-0.25, -0.2) is 8.78 Å². The lowest BCUT2D eigenvalue weighted by atomic mass is 10.1. The summed E-state index contributed by atoms with van der Waals surface area (Å²) in [6, 6.07) is -0.348. The molecule has 0 aliphatic rings. The fourth-order valence-corrected chi connectivity index (χ4v) is 0.923. The molecule has 0 saturated carbocycles. The summed E-state index contributed by atoms with van der Waals surface area (Å²) < 4.78 is 29.9. The third kappa shape index (κ3) is 9.83. The van der Waals surface area contributed by atoms with Crippen LogP contribution in [0.4, 0.5) is 8.78 Å². The van der Waals surface area contributed by atoms with Gasteiger partial charge >= 0.3 is 0 Å². The first-order chi connectivity index (χ1) is 6.45. The van der Waals surface area contributed by atoms with Crippen LogP contribution >= 0.6 is 0 Å². The molecule has 0 aliphatic carbocycles. The van der Waals surface area contributed by atoms with E-state index in [0.717, 1.165) is 6.92 Å². The highest BCUT2D eigenvalue weighted by atomic mass is 19.3. The zero-order valence-electron chi connectivity index (χ0n) is 8.51. The Kier molecular flexibility index (Phi) is 6.96. The molecule has 0 saturated heterocycles. The molecular weight excluding hydrogens is 192 g/mol. The van der Waals surface area contributed by atoms with Crippen LogP contribution in [0.15, 0.2) is 0 Å². The van der Waals surface area contributed by atoms with Crippen LogP contribution in [-0.4, -0.2) is 36.9 Å². The molecule has 3 N–H and O–H groups in total. The minimum absolute atomic E-state index is 0.0717. The molecule has 0 rings (SSSR count). The zero-order valence-corrected chi connectivity index (χ0v) is 8.51. The number of nitrogens with two attached hydrogens (primary N) is 1. The molecule has 0 heterocycles. The molecule has 0 spiro atoms. The Bertz CT molecular complexity index is 139. The number of hydrogen-bond acceptors (Lipinski definition) is 3. The highest BCUT2D eigenvalue weighted by Crippen LogP contribution is 2.19. The van der Waals surface area contributed by atoms with Gasteiger partial charge in [-0.3, -0.25) is 0 Å². The second kappa shape index (κ2) is 7.09. The molecule has 0 aromatic rings. The largest absolute Gasteiger partial charge is 0.396 e. The lowest BCUT2D eigenvalue weighted by Crippen LogP contribution is -2.28. The summed E-state index contributed by atoms with van der Waals surface area (Å²) in [5, 5.41) is 8.43. The van der Waals surface area contributed by atoms with Crippen LogP contribution in [0.5, 0.6) is 0 Å². The van der Waals surface area contributed by atoms with Crippen molar-refractivity contribution in [1.82, 2.24) is 0 Å². The minimum Gasteiger partial charge on any atom is -0.396 e. The first-order valence-corrected chi connectivity index (χ1v) is 4.77. The smallest absolute Gasteiger partial charge is 0.245 e. The molecule has 1 unspecified atom stereocenters. The van der Waals surface area contributed by atoms with E-state index in [9.17, 15) is 8.78 Å². The van der Waals surface area contributed by atoms with Crippen LogP contribution in [-0.2, 0) is 4.74 Å². The Labute approximate surface area is 83.2 Å². The second-order valence-corrected chi connectivity index (χ2v) is 3.52. The van der Waals surface area contributed by atoms with E-state index in [4.69, 9.17) is 15.6 Å². The molecule has 0 radical (unpaired) electrons. The van der Waals surface area contributed by atoms with E-state index in [-0.39, 0.29) is 32.1 Å². The Morgan fingerprint density at radius 1 is 1.50 bits per heavy atom. The summed E-state index contributed by atoms with van der Waals surface area (Å²) >= 11 is 0. The number of rotatable bonds is 8. The van der Waals surface area contributed by atoms with Gasteiger partial charge in [0.25, 0.3) is 0 Å². The topological polar surface area (TPSA) is 55.5 Å². The zero-order chi connectivity index (χ0) is 11.0. The number of alkyl halides is 2. The Balaban J connectivity index is 3.32. The van der Waals surface area contributed by atoms with Crippen molar-refractivity contribution in [1.29, 1.82) is 0 Å². The molecule has 0 bridgehead atoms. The van der Waals surface area contributed by atoms with E-state index in [2.05, 4.69) is 0 Å². The van der Waals surface area contributed by atoms with Gasteiger partial charge in [0, 0.05) is 25.7 Å². The van der Waals surface area contributed by atoms with Crippen LogP contribution in [0.3, 0.4) is 0 Å². The number of halogens is 2. The number of ether oxygens (including phenoxy) is 1. The Hall–Kier alpha value is -0.260. The number of aliphatic hydroxyl groups is 1. The maximum Gasteiger partial charge on any atom is 0.245 e. The molecule has 0 amide bonds. The van der Waals surface area contributed by atoms with Crippen molar-refractivity contribution >= 4 is 0 Å². The second-order valence-electron chi connectivity index (χ2n) is 3.52. The third-order valence-corrected chi connectivity index (χ3v) is 1.73. The quantitative estimate of drug-likeness (QED) is 0.592. The molecule has 0 aromatic heterocycles. The monoisotopic (exact) mass is 211 g/mol. The van der Waals surface area contributed by atoms with Gasteiger partial charge in [-0.15, -0.1) is 0 Å². The summed E-state index contributed by atoms with van der Waals surface area (Å²) in [6.45, 7) is 1.65. The summed E-state index contributed by atoms with van der Waals surface area (Å²) in [5.74, 6) is -2.65. The summed E-state index contributed by atoms with van der Waals surface area (Å²) in [7, 11) is 0.